The van der Waals surface area contributed by atoms with Gasteiger partial charge in [0.05, 0.1) is 8.66 Å². The van der Waals surface area contributed by atoms with Crippen molar-refractivity contribution in [1.82, 2.24) is 0 Å². The number of hydrogen-bond donors (Lipinski definition) is 1. The molecule has 80 valence electrons. The highest BCUT2D eigenvalue weighted by Crippen LogP contribution is 2.47. The molecule has 0 aliphatic carbocycles. The molecule has 1 nitrogen and oxygen atoms in total. The van der Waals surface area contributed by atoms with Crippen molar-refractivity contribution >= 4 is 27.3 Å². The van der Waals surface area contributed by atoms with Crippen molar-refractivity contribution in [3.8, 4) is 0 Å². The molecule has 1 heterocycles. The van der Waals surface area contributed by atoms with E-state index in [1.165, 1.54) is 19.9 Å². The first-order valence-corrected chi connectivity index (χ1v) is 5.76. The van der Waals surface area contributed by atoms with Gasteiger partial charge in [-0.05, 0) is 28.1 Å². The van der Waals surface area contributed by atoms with Gasteiger partial charge in [-0.25, -0.2) is 0 Å². The first-order valence-electron chi connectivity index (χ1n) is 4.15. The van der Waals surface area contributed by atoms with Crippen LogP contribution in [0.5, 0.6) is 0 Å². The van der Waals surface area contributed by atoms with Gasteiger partial charge >= 0.3 is 0 Å². The molecule has 0 bridgehead atoms. The second-order valence-corrected chi connectivity index (χ2v) is 6.23. The Labute approximate surface area is 94.4 Å². The average molecular weight is 284 g/mol. The lowest BCUT2D eigenvalue weighted by atomic mass is 9.85. The first-order chi connectivity index (χ1) is 6.31. The van der Waals surface area contributed by atoms with Crippen LogP contribution in [-0.2, 0) is 5.92 Å². The summed E-state index contributed by atoms with van der Waals surface area (Å²) in [5.74, 6) is -2.88. The van der Waals surface area contributed by atoms with Crippen molar-refractivity contribution in [1.29, 1.82) is 0 Å². The van der Waals surface area contributed by atoms with E-state index in [0.717, 1.165) is 11.3 Å². The fraction of sp³-hybridized carbons (Fsp3) is 0.556. The topological polar surface area (TPSA) is 26.0 Å². The molecule has 0 unspecified atom stereocenters. The lowest BCUT2D eigenvalue weighted by Crippen LogP contribution is -2.39. The maximum Gasteiger partial charge on any atom is 0.288 e. The fourth-order valence-corrected chi connectivity index (χ4v) is 2.49. The standard InChI is InChI=1S/C9H12BrF2NS/c1-8(2,5-13)9(11,12)6-3-4-7(10)14-6/h3-4H,5,13H2,1-2H3. The molecule has 0 saturated carbocycles. The molecular formula is C9H12BrF2NS. The van der Waals surface area contributed by atoms with E-state index in [2.05, 4.69) is 15.9 Å². The molecule has 1 aromatic heterocycles. The van der Waals surface area contributed by atoms with Gasteiger partial charge in [-0.3, -0.25) is 0 Å². The molecule has 0 fully saturated rings. The van der Waals surface area contributed by atoms with Crippen LogP contribution < -0.4 is 5.73 Å². The minimum Gasteiger partial charge on any atom is -0.330 e. The molecule has 0 spiro atoms. The Morgan fingerprint density at radius 1 is 1.43 bits per heavy atom. The van der Waals surface area contributed by atoms with E-state index in [1.807, 2.05) is 0 Å². The number of thiophene rings is 1. The Morgan fingerprint density at radius 2 is 2.00 bits per heavy atom. The summed E-state index contributed by atoms with van der Waals surface area (Å²) in [6.07, 6.45) is 0. The molecule has 2 N–H and O–H groups in total. The summed E-state index contributed by atoms with van der Waals surface area (Å²) >= 11 is 4.22. The molecule has 14 heavy (non-hydrogen) atoms. The Bertz CT molecular complexity index is 322. The highest BCUT2D eigenvalue weighted by atomic mass is 79.9. The van der Waals surface area contributed by atoms with Gasteiger partial charge in [0.25, 0.3) is 5.92 Å². The fourth-order valence-electron chi connectivity index (χ4n) is 0.945. The summed E-state index contributed by atoms with van der Waals surface area (Å²) in [6.45, 7) is 2.90. The summed E-state index contributed by atoms with van der Waals surface area (Å²) in [6, 6.07) is 3.06. The maximum absolute atomic E-state index is 13.9. The Morgan fingerprint density at radius 3 is 2.36 bits per heavy atom. The van der Waals surface area contributed by atoms with Crippen molar-refractivity contribution in [3.05, 3.63) is 20.8 Å². The normalized spacial score (nSPS) is 13.3. The van der Waals surface area contributed by atoms with Crippen molar-refractivity contribution in [2.24, 2.45) is 11.1 Å². The molecule has 5 heteroatoms. The zero-order valence-electron chi connectivity index (χ0n) is 7.98. The van der Waals surface area contributed by atoms with Gasteiger partial charge in [0.2, 0.25) is 0 Å². The van der Waals surface area contributed by atoms with Crippen LogP contribution in [0.3, 0.4) is 0 Å². The van der Waals surface area contributed by atoms with Gasteiger partial charge in [0, 0.05) is 12.0 Å². The third kappa shape index (κ3) is 1.99. The van der Waals surface area contributed by atoms with E-state index < -0.39 is 11.3 Å². The van der Waals surface area contributed by atoms with Gasteiger partial charge in [0.15, 0.2) is 0 Å². The summed E-state index contributed by atoms with van der Waals surface area (Å²) in [7, 11) is 0. The van der Waals surface area contributed by atoms with Crippen LogP contribution in [0.25, 0.3) is 0 Å². The van der Waals surface area contributed by atoms with Crippen molar-refractivity contribution in [2.75, 3.05) is 6.54 Å². The lowest BCUT2D eigenvalue weighted by molar-refractivity contribution is -0.105. The highest BCUT2D eigenvalue weighted by Gasteiger charge is 2.48. The van der Waals surface area contributed by atoms with E-state index in [1.54, 1.807) is 6.07 Å². The quantitative estimate of drug-likeness (QED) is 0.902. The second-order valence-electron chi connectivity index (χ2n) is 3.77. The molecule has 0 atom stereocenters. The molecule has 0 saturated heterocycles. The van der Waals surface area contributed by atoms with Crippen LogP contribution >= 0.6 is 27.3 Å². The SMILES string of the molecule is CC(C)(CN)C(F)(F)c1ccc(Br)s1. The minimum atomic E-state index is -2.88. The zero-order valence-corrected chi connectivity index (χ0v) is 10.4. The predicted octanol–water partition coefficient (Wildman–Crippen LogP) is 3.59. The highest BCUT2D eigenvalue weighted by molar-refractivity contribution is 9.11. The van der Waals surface area contributed by atoms with E-state index in [4.69, 9.17) is 5.73 Å². The molecular weight excluding hydrogens is 272 g/mol. The van der Waals surface area contributed by atoms with Crippen LogP contribution in [0.4, 0.5) is 8.78 Å². The molecule has 1 aromatic rings. The molecule has 0 amide bonds. The minimum absolute atomic E-state index is 0.0461. The third-order valence-electron chi connectivity index (χ3n) is 2.24. The molecule has 1 rings (SSSR count). The van der Waals surface area contributed by atoms with Crippen LogP contribution in [0, 0.1) is 5.41 Å². The van der Waals surface area contributed by atoms with Crippen LogP contribution in [-0.4, -0.2) is 6.54 Å². The predicted molar refractivity (Wildman–Crippen MR) is 58.7 cm³/mol. The maximum atomic E-state index is 13.9. The Balaban J connectivity index is 3.07. The number of halogens is 3. The summed E-state index contributed by atoms with van der Waals surface area (Å²) in [5.41, 5.74) is 4.14. The average Bonchev–Trinajstić information content (AvgIpc) is 2.52. The van der Waals surface area contributed by atoms with Gasteiger partial charge < -0.3 is 5.73 Å². The van der Waals surface area contributed by atoms with Crippen molar-refractivity contribution < 1.29 is 8.78 Å². The smallest absolute Gasteiger partial charge is 0.288 e. The van der Waals surface area contributed by atoms with E-state index in [-0.39, 0.29) is 11.4 Å². The molecule has 0 radical (unpaired) electrons. The van der Waals surface area contributed by atoms with Gasteiger partial charge in [0.1, 0.15) is 0 Å². The van der Waals surface area contributed by atoms with Crippen LogP contribution in [0.15, 0.2) is 15.9 Å². The zero-order chi connectivity index (χ0) is 11.0. The third-order valence-corrected chi connectivity index (χ3v) is 3.94. The monoisotopic (exact) mass is 283 g/mol. The molecule has 0 aromatic carbocycles. The molecule has 0 aliphatic heterocycles. The van der Waals surface area contributed by atoms with Crippen LogP contribution in [0.2, 0.25) is 0 Å². The lowest BCUT2D eigenvalue weighted by Gasteiger charge is -2.31. The number of hydrogen-bond acceptors (Lipinski definition) is 2. The summed E-state index contributed by atoms with van der Waals surface area (Å²) in [5, 5.41) is 0. The first kappa shape index (κ1) is 12.1. The number of rotatable bonds is 3. The van der Waals surface area contributed by atoms with Crippen molar-refractivity contribution in [2.45, 2.75) is 19.8 Å². The van der Waals surface area contributed by atoms with E-state index in [9.17, 15) is 8.78 Å². The van der Waals surface area contributed by atoms with Gasteiger partial charge in [-0.2, -0.15) is 8.78 Å². The number of nitrogens with two attached hydrogens (primary N) is 1. The largest absolute Gasteiger partial charge is 0.330 e. The Kier molecular flexibility index (Phi) is 3.33. The second kappa shape index (κ2) is 3.87. The van der Waals surface area contributed by atoms with Crippen LogP contribution in [0.1, 0.15) is 18.7 Å². The van der Waals surface area contributed by atoms with Gasteiger partial charge in [-0.15, -0.1) is 11.3 Å². The Hall–Kier alpha value is -0.0000000000000000833. The summed E-state index contributed by atoms with van der Waals surface area (Å²) in [4.78, 5) is 0.0554. The van der Waals surface area contributed by atoms with E-state index >= 15 is 0 Å². The molecule has 0 aliphatic rings. The summed E-state index contributed by atoms with van der Waals surface area (Å²) < 4.78 is 28.4. The van der Waals surface area contributed by atoms with E-state index in [0.29, 0.717) is 3.79 Å². The number of alkyl halides is 2. The van der Waals surface area contributed by atoms with Gasteiger partial charge in [-0.1, -0.05) is 13.8 Å². The van der Waals surface area contributed by atoms with Crippen molar-refractivity contribution in [3.63, 3.8) is 0 Å².